The molecule has 0 aromatic heterocycles. The van der Waals surface area contributed by atoms with E-state index < -0.39 is 6.15 Å². The molecule has 0 N–H and O–H groups in total. The maximum atomic E-state index is 13.5. The Morgan fingerprint density at radius 2 is 0.889 bits per heavy atom. The predicted molar refractivity (Wildman–Crippen MR) is 104 cm³/mol. The van der Waals surface area contributed by atoms with E-state index in [9.17, 15) is 13.2 Å². The van der Waals surface area contributed by atoms with Gasteiger partial charge >= 0.3 is 18.9 Å². The fraction of sp³-hybridized carbons (Fsp3) is 0.182. The zero-order chi connectivity index (χ0) is 18.6. The van der Waals surface area contributed by atoms with Crippen LogP contribution in [-0.4, -0.2) is 6.15 Å². The van der Waals surface area contributed by atoms with Crippen molar-refractivity contribution in [3.63, 3.8) is 0 Å². The van der Waals surface area contributed by atoms with Gasteiger partial charge in [0, 0.05) is 0 Å². The number of rotatable bonds is 6. The molecule has 0 atom stereocenters. The molecule has 3 aromatic rings. The first-order valence-corrected chi connectivity index (χ1v) is 9.01. The van der Waals surface area contributed by atoms with Crippen LogP contribution < -0.4 is 35.2 Å². The van der Waals surface area contributed by atoms with Gasteiger partial charge in [-0.1, -0.05) is 56.2 Å². The number of halogens is 3. The van der Waals surface area contributed by atoms with Gasteiger partial charge in [-0.3, -0.25) is 0 Å². The number of hydrogen-bond acceptors (Lipinski definition) is 0. The Hall–Kier alpha value is -1.89. The number of unbranched alkanes of at least 4 members (excludes halogenated alkanes) is 1. The van der Waals surface area contributed by atoms with Crippen LogP contribution in [0.2, 0.25) is 6.32 Å². The van der Waals surface area contributed by atoms with Crippen molar-refractivity contribution in [2.45, 2.75) is 26.1 Å². The molecule has 0 fully saturated rings. The zero-order valence-electron chi connectivity index (χ0n) is 15.8. The van der Waals surface area contributed by atoms with Crippen molar-refractivity contribution in [2.75, 3.05) is 0 Å². The second kappa shape index (κ2) is 9.35. The van der Waals surface area contributed by atoms with Gasteiger partial charge in [0.2, 0.25) is 0 Å². The summed E-state index contributed by atoms with van der Waals surface area (Å²) in [5.74, 6) is -0.897. The SMILES string of the molecule is CCCC[B-](c1ccc(F)cc1)(c1ccc(F)cc1)c1ccc(F)cc1.[Li+]. The van der Waals surface area contributed by atoms with Gasteiger partial charge in [0.05, 0.1) is 6.15 Å². The van der Waals surface area contributed by atoms with Crippen LogP contribution in [0.1, 0.15) is 19.8 Å². The van der Waals surface area contributed by atoms with E-state index in [0.717, 1.165) is 35.6 Å². The molecule has 0 bridgehead atoms. The fourth-order valence-corrected chi connectivity index (χ4v) is 3.96. The van der Waals surface area contributed by atoms with E-state index in [-0.39, 0.29) is 36.3 Å². The topological polar surface area (TPSA) is 0 Å². The molecule has 0 saturated heterocycles. The smallest absolute Gasteiger partial charge is 0.207 e. The Balaban J connectivity index is 0.00000261. The van der Waals surface area contributed by atoms with E-state index >= 15 is 0 Å². The Morgan fingerprint density at radius 1 is 0.593 bits per heavy atom. The van der Waals surface area contributed by atoms with Gasteiger partial charge in [-0.25, -0.2) is 13.2 Å². The minimum absolute atomic E-state index is 0. The van der Waals surface area contributed by atoms with Crippen molar-refractivity contribution in [2.24, 2.45) is 0 Å². The van der Waals surface area contributed by atoms with Gasteiger partial charge in [0.1, 0.15) is 17.5 Å². The minimum atomic E-state index is -1.46. The van der Waals surface area contributed by atoms with Gasteiger partial charge < -0.3 is 0 Å². The largest absolute Gasteiger partial charge is 1.00 e. The van der Waals surface area contributed by atoms with E-state index in [1.54, 1.807) is 36.4 Å². The van der Waals surface area contributed by atoms with Gasteiger partial charge in [-0.2, -0.15) is 22.7 Å². The molecule has 0 aliphatic heterocycles. The van der Waals surface area contributed by atoms with Gasteiger partial charge in [0.15, 0.2) is 0 Å². The third-order valence-corrected chi connectivity index (χ3v) is 5.31. The van der Waals surface area contributed by atoms with E-state index in [0.29, 0.717) is 0 Å². The normalized spacial score (nSPS) is 11.1. The molecule has 0 radical (unpaired) electrons. The van der Waals surface area contributed by atoms with Crippen LogP contribution in [-0.2, 0) is 0 Å². The summed E-state index contributed by atoms with van der Waals surface area (Å²) in [5.41, 5.74) is 2.91. The van der Waals surface area contributed by atoms with Crippen molar-refractivity contribution >= 4 is 22.5 Å². The standard InChI is InChI=1S/C22H21BF3.Li/c1-2-3-16-23(17-4-10-20(24)11-5-17,18-6-12-21(25)13-7-18)19-8-14-22(26)15-9-19;/h4-15H,2-3,16H2,1H3;/q-1;+1. The van der Waals surface area contributed by atoms with Gasteiger partial charge in [-0.05, 0) is 36.4 Å². The summed E-state index contributed by atoms with van der Waals surface area (Å²) in [5, 5.41) is 0. The summed E-state index contributed by atoms with van der Waals surface area (Å²) < 4.78 is 40.6. The third-order valence-electron chi connectivity index (χ3n) is 5.31. The van der Waals surface area contributed by atoms with E-state index in [1.165, 1.54) is 36.4 Å². The molecule has 0 spiro atoms. The molecular formula is C22H21BF3Li. The Bertz CT molecular complexity index is 735. The van der Waals surface area contributed by atoms with Crippen molar-refractivity contribution in [1.82, 2.24) is 0 Å². The van der Waals surface area contributed by atoms with Crippen LogP contribution in [0.15, 0.2) is 72.8 Å². The predicted octanol–water partition coefficient (Wildman–Crippen LogP) is 1.38. The summed E-state index contributed by atoms with van der Waals surface area (Å²) in [4.78, 5) is 0. The molecule has 0 heterocycles. The first-order chi connectivity index (χ1) is 12.6. The van der Waals surface area contributed by atoms with E-state index in [4.69, 9.17) is 0 Å². The molecule has 27 heavy (non-hydrogen) atoms. The summed E-state index contributed by atoms with van der Waals surface area (Å²) >= 11 is 0. The van der Waals surface area contributed by atoms with Crippen LogP contribution >= 0.6 is 0 Å². The maximum Gasteiger partial charge on any atom is 1.00 e. The van der Waals surface area contributed by atoms with Gasteiger partial charge in [0.25, 0.3) is 0 Å². The average Bonchev–Trinajstić information content (AvgIpc) is 2.66. The summed E-state index contributed by atoms with van der Waals surface area (Å²) in [6, 6.07) is 19.4. The summed E-state index contributed by atoms with van der Waals surface area (Å²) in [7, 11) is 0. The quantitative estimate of drug-likeness (QED) is 0.583. The van der Waals surface area contributed by atoms with E-state index in [2.05, 4.69) is 6.92 Å². The second-order valence-corrected chi connectivity index (χ2v) is 6.84. The summed E-state index contributed by atoms with van der Waals surface area (Å²) in [6.45, 7) is 2.11. The van der Waals surface area contributed by atoms with Crippen LogP contribution in [0.5, 0.6) is 0 Å². The number of hydrogen-bond donors (Lipinski definition) is 0. The van der Waals surface area contributed by atoms with Crippen molar-refractivity contribution in [3.8, 4) is 0 Å². The minimum Gasteiger partial charge on any atom is -0.207 e. The van der Waals surface area contributed by atoms with Crippen LogP contribution in [0, 0.1) is 17.5 Å². The Labute approximate surface area is 170 Å². The second-order valence-electron chi connectivity index (χ2n) is 6.84. The molecule has 0 saturated carbocycles. The van der Waals surface area contributed by atoms with Crippen LogP contribution in [0.25, 0.3) is 0 Å². The molecule has 3 aromatic carbocycles. The van der Waals surface area contributed by atoms with Crippen molar-refractivity contribution in [3.05, 3.63) is 90.2 Å². The first-order valence-electron chi connectivity index (χ1n) is 9.01. The summed E-state index contributed by atoms with van der Waals surface area (Å²) in [6.07, 6.45) is 1.31. The number of benzene rings is 3. The molecule has 0 aliphatic carbocycles. The van der Waals surface area contributed by atoms with Crippen molar-refractivity contribution in [1.29, 1.82) is 0 Å². The molecular weight excluding hydrogens is 339 g/mol. The molecule has 0 nitrogen and oxygen atoms in total. The Kier molecular flexibility index (Phi) is 7.42. The van der Waals surface area contributed by atoms with E-state index in [1.807, 2.05) is 0 Å². The zero-order valence-corrected chi connectivity index (χ0v) is 15.8. The fourth-order valence-electron chi connectivity index (χ4n) is 3.96. The monoisotopic (exact) mass is 360 g/mol. The molecule has 0 unspecified atom stereocenters. The van der Waals surface area contributed by atoms with Crippen LogP contribution in [0.4, 0.5) is 13.2 Å². The Morgan fingerprint density at radius 3 is 1.15 bits per heavy atom. The molecule has 0 aliphatic rings. The third kappa shape index (κ3) is 4.51. The molecule has 3 rings (SSSR count). The first kappa shape index (κ1) is 21.4. The van der Waals surface area contributed by atoms with Crippen molar-refractivity contribution < 1.29 is 32.0 Å². The maximum absolute atomic E-state index is 13.5. The van der Waals surface area contributed by atoms with Gasteiger partial charge in [-0.15, -0.1) is 0 Å². The molecule has 5 heteroatoms. The molecule has 134 valence electrons. The molecule has 0 amide bonds. The average molecular weight is 360 g/mol. The van der Waals surface area contributed by atoms with Crippen LogP contribution in [0.3, 0.4) is 0 Å².